The third-order valence-corrected chi connectivity index (χ3v) is 3.07. The lowest BCUT2D eigenvalue weighted by Gasteiger charge is -2.21. The Bertz CT molecular complexity index is 362. The smallest absolute Gasteiger partial charge is 0.320 e. The van der Waals surface area contributed by atoms with Crippen LogP contribution in [0.5, 0.6) is 0 Å². The second kappa shape index (κ2) is 7.17. The zero-order chi connectivity index (χ0) is 13.5. The number of carbonyl (C=O) groups is 1. The molecule has 0 saturated carbocycles. The summed E-state index contributed by atoms with van der Waals surface area (Å²) in [7, 11) is 0. The zero-order valence-corrected chi connectivity index (χ0v) is 11.4. The van der Waals surface area contributed by atoms with Crippen LogP contribution in [-0.2, 0) is 4.79 Å². The Morgan fingerprint density at radius 3 is 2.33 bits per heavy atom. The van der Waals surface area contributed by atoms with E-state index in [-0.39, 0.29) is 0 Å². The Balaban J connectivity index is 2.65. The van der Waals surface area contributed by atoms with Gasteiger partial charge in [-0.25, -0.2) is 0 Å². The highest BCUT2D eigenvalue weighted by Crippen LogP contribution is 2.23. The summed E-state index contributed by atoms with van der Waals surface area (Å²) in [5, 5.41) is 12.0. The van der Waals surface area contributed by atoms with Gasteiger partial charge in [-0.1, -0.05) is 44.2 Å². The Morgan fingerprint density at radius 2 is 1.83 bits per heavy atom. The molecule has 100 valence electrons. The highest BCUT2D eigenvalue weighted by Gasteiger charge is 2.16. The number of carboxylic acids is 1. The number of hydrogen-bond acceptors (Lipinski definition) is 2. The molecule has 0 fully saturated rings. The fourth-order valence-electron chi connectivity index (χ4n) is 2.04. The van der Waals surface area contributed by atoms with E-state index in [4.69, 9.17) is 5.11 Å². The van der Waals surface area contributed by atoms with Crippen LogP contribution in [0.4, 0.5) is 0 Å². The van der Waals surface area contributed by atoms with Gasteiger partial charge in [0.05, 0.1) is 0 Å². The van der Waals surface area contributed by atoms with Gasteiger partial charge in [-0.2, -0.15) is 0 Å². The topological polar surface area (TPSA) is 49.3 Å². The Kier molecular flexibility index (Phi) is 5.86. The maximum atomic E-state index is 10.8. The van der Waals surface area contributed by atoms with E-state index in [0.29, 0.717) is 18.4 Å². The number of aliphatic carboxylic acids is 1. The van der Waals surface area contributed by atoms with Crippen molar-refractivity contribution in [2.24, 2.45) is 5.92 Å². The number of carboxylic acid groups (broad SMARTS) is 1. The van der Waals surface area contributed by atoms with E-state index >= 15 is 0 Å². The van der Waals surface area contributed by atoms with Crippen molar-refractivity contribution in [3.05, 3.63) is 35.9 Å². The largest absolute Gasteiger partial charge is 0.480 e. The Morgan fingerprint density at radius 1 is 1.22 bits per heavy atom. The molecular formula is C15H23NO2. The van der Waals surface area contributed by atoms with Crippen LogP contribution in [0.25, 0.3) is 0 Å². The van der Waals surface area contributed by atoms with Crippen LogP contribution in [0.15, 0.2) is 30.3 Å². The average molecular weight is 249 g/mol. The summed E-state index contributed by atoms with van der Waals surface area (Å²) in [6.45, 7) is 6.77. The number of benzene rings is 1. The van der Waals surface area contributed by atoms with Crippen LogP contribution < -0.4 is 5.32 Å². The van der Waals surface area contributed by atoms with Gasteiger partial charge in [-0.05, 0) is 30.7 Å². The predicted octanol–water partition coefficient (Wildman–Crippen LogP) is 2.88. The van der Waals surface area contributed by atoms with Gasteiger partial charge in [0, 0.05) is 6.54 Å². The van der Waals surface area contributed by atoms with E-state index in [1.165, 1.54) is 5.56 Å². The summed E-state index contributed by atoms with van der Waals surface area (Å²) in [5.41, 5.74) is 1.27. The summed E-state index contributed by atoms with van der Waals surface area (Å²) >= 11 is 0. The highest BCUT2D eigenvalue weighted by atomic mass is 16.4. The maximum absolute atomic E-state index is 10.8. The monoisotopic (exact) mass is 249 g/mol. The molecule has 0 radical (unpaired) electrons. The lowest BCUT2D eigenvalue weighted by Crippen LogP contribution is -2.36. The van der Waals surface area contributed by atoms with Crippen LogP contribution in [0.2, 0.25) is 0 Å². The van der Waals surface area contributed by atoms with Gasteiger partial charge in [0.1, 0.15) is 6.04 Å². The van der Waals surface area contributed by atoms with Crippen molar-refractivity contribution in [1.29, 1.82) is 0 Å². The molecule has 0 bridgehead atoms. The molecule has 0 aliphatic heterocycles. The molecule has 18 heavy (non-hydrogen) atoms. The van der Waals surface area contributed by atoms with Gasteiger partial charge in [-0.15, -0.1) is 0 Å². The Hall–Kier alpha value is -1.35. The zero-order valence-electron chi connectivity index (χ0n) is 11.4. The molecule has 0 amide bonds. The molecule has 1 aromatic rings. The summed E-state index contributed by atoms with van der Waals surface area (Å²) < 4.78 is 0. The first-order valence-corrected chi connectivity index (χ1v) is 6.51. The van der Waals surface area contributed by atoms with Gasteiger partial charge < -0.3 is 10.4 Å². The quantitative estimate of drug-likeness (QED) is 0.781. The molecule has 0 spiro atoms. The molecule has 0 heterocycles. The fourth-order valence-corrected chi connectivity index (χ4v) is 2.04. The standard InChI is InChI=1S/C15H23NO2/c1-11(2)9-14(10-16-12(3)15(17)18)13-7-5-4-6-8-13/h4-8,11-12,14,16H,9-10H2,1-3H3,(H,17,18)/t12-,14?/m0/s1. The SMILES string of the molecule is CC(C)CC(CN[C@@H](C)C(=O)O)c1ccccc1. The molecular weight excluding hydrogens is 226 g/mol. The van der Waals surface area contributed by atoms with Crippen molar-refractivity contribution in [2.45, 2.75) is 39.2 Å². The van der Waals surface area contributed by atoms with Crippen LogP contribution in [0.1, 0.15) is 38.7 Å². The summed E-state index contributed by atoms with van der Waals surface area (Å²) in [6, 6.07) is 9.79. The molecule has 1 unspecified atom stereocenters. The van der Waals surface area contributed by atoms with Crippen molar-refractivity contribution >= 4 is 5.97 Å². The minimum Gasteiger partial charge on any atom is -0.480 e. The highest BCUT2D eigenvalue weighted by molar-refractivity contribution is 5.72. The van der Waals surface area contributed by atoms with Crippen LogP contribution in [-0.4, -0.2) is 23.7 Å². The van der Waals surface area contributed by atoms with Crippen molar-refractivity contribution in [2.75, 3.05) is 6.54 Å². The third kappa shape index (κ3) is 4.88. The second-order valence-corrected chi connectivity index (χ2v) is 5.21. The van der Waals surface area contributed by atoms with E-state index in [2.05, 4.69) is 31.3 Å². The average Bonchev–Trinajstić information content (AvgIpc) is 2.34. The minimum atomic E-state index is -0.800. The second-order valence-electron chi connectivity index (χ2n) is 5.21. The lowest BCUT2D eigenvalue weighted by atomic mass is 9.90. The van der Waals surface area contributed by atoms with Gasteiger partial charge in [0.25, 0.3) is 0 Å². The predicted molar refractivity (Wildman–Crippen MR) is 73.7 cm³/mol. The van der Waals surface area contributed by atoms with Gasteiger partial charge in [-0.3, -0.25) is 4.79 Å². The third-order valence-electron chi connectivity index (χ3n) is 3.07. The van der Waals surface area contributed by atoms with Crippen molar-refractivity contribution in [3.63, 3.8) is 0 Å². The fraction of sp³-hybridized carbons (Fsp3) is 0.533. The summed E-state index contributed by atoms with van der Waals surface area (Å²) in [5.74, 6) is 0.163. The van der Waals surface area contributed by atoms with Crippen LogP contribution >= 0.6 is 0 Å². The maximum Gasteiger partial charge on any atom is 0.320 e. The first-order chi connectivity index (χ1) is 8.50. The molecule has 3 nitrogen and oxygen atoms in total. The number of nitrogens with one attached hydrogen (secondary N) is 1. The van der Waals surface area contributed by atoms with E-state index < -0.39 is 12.0 Å². The lowest BCUT2D eigenvalue weighted by molar-refractivity contribution is -0.139. The molecule has 0 aliphatic carbocycles. The van der Waals surface area contributed by atoms with Gasteiger partial charge in [0.15, 0.2) is 0 Å². The first-order valence-electron chi connectivity index (χ1n) is 6.51. The molecule has 1 aromatic carbocycles. The van der Waals surface area contributed by atoms with E-state index in [9.17, 15) is 4.79 Å². The molecule has 1 rings (SSSR count). The van der Waals surface area contributed by atoms with Crippen molar-refractivity contribution in [3.8, 4) is 0 Å². The molecule has 2 N–H and O–H groups in total. The molecule has 0 aliphatic rings. The van der Waals surface area contributed by atoms with Crippen LogP contribution in [0, 0.1) is 5.92 Å². The molecule has 0 aromatic heterocycles. The van der Waals surface area contributed by atoms with E-state index in [0.717, 1.165) is 6.42 Å². The van der Waals surface area contributed by atoms with Crippen molar-refractivity contribution < 1.29 is 9.90 Å². The normalized spacial score (nSPS) is 14.4. The first kappa shape index (κ1) is 14.7. The molecule has 3 heteroatoms. The van der Waals surface area contributed by atoms with Gasteiger partial charge >= 0.3 is 5.97 Å². The van der Waals surface area contributed by atoms with E-state index in [1.807, 2.05) is 18.2 Å². The molecule has 0 saturated heterocycles. The molecule has 2 atom stereocenters. The summed E-state index contributed by atoms with van der Waals surface area (Å²) in [4.78, 5) is 10.8. The minimum absolute atomic E-state index is 0.369. The van der Waals surface area contributed by atoms with Crippen molar-refractivity contribution in [1.82, 2.24) is 5.32 Å². The van der Waals surface area contributed by atoms with Crippen LogP contribution in [0.3, 0.4) is 0 Å². The van der Waals surface area contributed by atoms with Gasteiger partial charge in [0.2, 0.25) is 0 Å². The number of rotatable bonds is 7. The number of hydrogen-bond donors (Lipinski definition) is 2. The Labute approximate surface area is 109 Å². The summed E-state index contributed by atoms with van der Waals surface area (Å²) in [6.07, 6.45) is 1.06. The van der Waals surface area contributed by atoms with E-state index in [1.54, 1.807) is 6.92 Å².